The normalized spacial score (nSPS) is 14.5. The summed E-state index contributed by atoms with van der Waals surface area (Å²) in [5.41, 5.74) is 6.30. The predicted molar refractivity (Wildman–Crippen MR) is 138 cm³/mol. The summed E-state index contributed by atoms with van der Waals surface area (Å²) >= 11 is 12.3. The van der Waals surface area contributed by atoms with Gasteiger partial charge in [0, 0.05) is 54.6 Å². The molecule has 0 saturated carbocycles. The molecular weight excluding hydrogens is 483 g/mol. The maximum atomic E-state index is 13.1. The average Bonchev–Trinajstić information content (AvgIpc) is 3.45. The molecule has 2 aromatic carbocycles. The highest BCUT2D eigenvalue weighted by Crippen LogP contribution is 2.29. The van der Waals surface area contributed by atoms with Crippen LogP contribution in [0.4, 0.5) is 0 Å². The molecule has 0 aliphatic carbocycles. The van der Waals surface area contributed by atoms with Crippen LogP contribution in [-0.2, 0) is 6.54 Å². The fourth-order valence-corrected chi connectivity index (χ4v) is 5.00. The van der Waals surface area contributed by atoms with Crippen molar-refractivity contribution in [2.75, 3.05) is 26.2 Å². The Kier molecular flexibility index (Phi) is 6.65. The van der Waals surface area contributed by atoms with Gasteiger partial charge in [0.25, 0.3) is 5.91 Å². The smallest absolute Gasteiger partial charge is 0.271 e. The van der Waals surface area contributed by atoms with Crippen LogP contribution in [0.25, 0.3) is 16.9 Å². The van der Waals surface area contributed by atoms with E-state index in [-0.39, 0.29) is 5.91 Å². The number of nitrogens with one attached hydrogen (secondary N) is 1. The Morgan fingerprint density at radius 3 is 2.46 bits per heavy atom. The number of benzene rings is 2. The number of rotatable bonds is 5. The Morgan fingerprint density at radius 2 is 1.74 bits per heavy atom. The second kappa shape index (κ2) is 9.85. The van der Waals surface area contributed by atoms with Crippen LogP contribution >= 0.6 is 23.2 Å². The number of carbonyl (C=O) groups excluding carboxylic acids is 1. The molecule has 0 spiro atoms. The number of halogens is 2. The van der Waals surface area contributed by atoms with Crippen molar-refractivity contribution in [3.05, 3.63) is 87.3 Å². The Hall–Kier alpha value is -3.13. The largest absolute Gasteiger partial charge is 0.335 e. The van der Waals surface area contributed by atoms with Gasteiger partial charge >= 0.3 is 0 Å². The molecule has 5 rings (SSSR count). The molecule has 1 aliphatic heterocycles. The van der Waals surface area contributed by atoms with Crippen molar-refractivity contribution in [2.45, 2.75) is 20.4 Å². The standard InChI is InChI=1S/C26H26Cl2N6O/c1-17-22(18(2)34(31-17)20-6-4-3-5-7-20)16-32-10-12-33(13-11-32)26(35)25-15-24(29-30-25)21-9-8-19(27)14-23(21)28/h3-9,14-15H,10-13,16H2,1-2H3,(H,29,30). The second-order valence-corrected chi connectivity index (χ2v) is 9.60. The van der Waals surface area contributed by atoms with Gasteiger partial charge in [-0.25, -0.2) is 4.68 Å². The van der Waals surface area contributed by atoms with E-state index in [9.17, 15) is 4.79 Å². The van der Waals surface area contributed by atoms with Crippen molar-refractivity contribution in [2.24, 2.45) is 0 Å². The van der Waals surface area contributed by atoms with Crippen LogP contribution < -0.4 is 0 Å². The number of aryl methyl sites for hydroxylation is 1. The van der Waals surface area contributed by atoms with Gasteiger partial charge in [-0.1, -0.05) is 41.4 Å². The maximum absolute atomic E-state index is 13.1. The molecule has 0 atom stereocenters. The number of carbonyl (C=O) groups is 1. The van der Waals surface area contributed by atoms with E-state index in [1.54, 1.807) is 24.3 Å². The highest BCUT2D eigenvalue weighted by molar-refractivity contribution is 6.36. The zero-order valence-corrected chi connectivity index (χ0v) is 21.1. The molecule has 3 heterocycles. The van der Waals surface area contributed by atoms with Gasteiger partial charge in [-0.05, 0) is 50.2 Å². The SMILES string of the molecule is Cc1nn(-c2ccccc2)c(C)c1CN1CCN(C(=O)c2cc(-c3ccc(Cl)cc3Cl)n[nH]2)CC1. The lowest BCUT2D eigenvalue weighted by Gasteiger charge is -2.34. The van der Waals surface area contributed by atoms with Gasteiger partial charge < -0.3 is 4.90 Å². The van der Waals surface area contributed by atoms with Crippen molar-refractivity contribution in [3.63, 3.8) is 0 Å². The number of nitrogens with zero attached hydrogens (tertiary/aromatic N) is 5. The molecule has 9 heteroatoms. The summed E-state index contributed by atoms with van der Waals surface area (Å²) in [4.78, 5) is 17.3. The Bertz CT molecular complexity index is 1360. The Labute approximate surface area is 214 Å². The molecule has 7 nitrogen and oxygen atoms in total. The van der Waals surface area contributed by atoms with Crippen molar-refractivity contribution < 1.29 is 4.79 Å². The van der Waals surface area contributed by atoms with Gasteiger partial charge in [0.15, 0.2) is 0 Å². The van der Waals surface area contributed by atoms with E-state index in [0.29, 0.717) is 34.5 Å². The third-order valence-corrected chi connectivity index (χ3v) is 7.05. The minimum Gasteiger partial charge on any atom is -0.335 e. The number of aromatic nitrogens is 4. The maximum Gasteiger partial charge on any atom is 0.271 e. The molecule has 0 unspecified atom stereocenters. The van der Waals surface area contributed by atoms with Gasteiger partial charge in [-0.2, -0.15) is 10.2 Å². The Balaban J connectivity index is 1.23. The number of para-hydroxylation sites is 1. The lowest BCUT2D eigenvalue weighted by Crippen LogP contribution is -2.48. The lowest BCUT2D eigenvalue weighted by atomic mass is 10.1. The van der Waals surface area contributed by atoms with Crippen molar-refractivity contribution in [1.82, 2.24) is 29.8 Å². The van der Waals surface area contributed by atoms with E-state index in [0.717, 1.165) is 42.3 Å². The summed E-state index contributed by atoms with van der Waals surface area (Å²) in [5, 5.41) is 13.0. The topological polar surface area (TPSA) is 70.1 Å². The molecule has 1 aliphatic rings. The summed E-state index contributed by atoms with van der Waals surface area (Å²) in [7, 11) is 0. The van der Waals surface area contributed by atoms with Crippen molar-refractivity contribution in [1.29, 1.82) is 0 Å². The molecule has 4 aromatic rings. The molecule has 1 saturated heterocycles. The van der Waals surface area contributed by atoms with E-state index < -0.39 is 0 Å². The van der Waals surface area contributed by atoms with Crippen molar-refractivity contribution in [3.8, 4) is 16.9 Å². The quantitative estimate of drug-likeness (QED) is 0.404. The van der Waals surface area contributed by atoms with Crippen LogP contribution in [0.15, 0.2) is 54.6 Å². The highest BCUT2D eigenvalue weighted by atomic mass is 35.5. The summed E-state index contributed by atoms with van der Waals surface area (Å²) in [5.74, 6) is -0.0576. The Morgan fingerprint density at radius 1 is 1.00 bits per heavy atom. The van der Waals surface area contributed by atoms with Gasteiger partial charge in [0.1, 0.15) is 5.69 Å². The first kappa shape index (κ1) is 23.6. The van der Waals surface area contributed by atoms with E-state index >= 15 is 0 Å². The number of amides is 1. The van der Waals surface area contributed by atoms with Crippen LogP contribution in [0, 0.1) is 13.8 Å². The fraction of sp³-hybridized carbons (Fsp3) is 0.269. The van der Waals surface area contributed by atoms with Crippen molar-refractivity contribution >= 4 is 29.1 Å². The molecule has 0 bridgehead atoms. The van der Waals surface area contributed by atoms with Crippen LogP contribution in [0.5, 0.6) is 0 Å². The minimum atomic E-state index is -0.0576. The van der Waals surface area contributed by atoms with E-state index in [4.69, 9.17) is 28.3 Å². The third kappa shape index (κ3) is 4.85. The molecule has 1 N–H and O–H groups in total. The van der Waals surface area contributed by atoms with Gasteiger partial charge in [0.2, 0.25) is 0 Å². The monoisotopic (exact) mass is 508 g/mol. The van der Waals surface area contributed by atoms with Gasteiger partial charge in [-0.15, -0.1) is 0 Å². The number of piperazine rings is 1. The summed E-state index contributed by atoms with van der Waals surface area (Å²) in [6.45, 7) is 7.89. The van der Waals surface area contributed by atoms with Crippen LogP contribution in [0.2, 0.25) is 10.0 Å². The molecule has 1 fully saturated rings. The first-order valence-electron chi connectivity index (χ1n) is 11.5. The molecule has 180 valence electrons. The van der Waals surface area contributed by atoms with Crippen LogP contribution in [-0.4, -0.2) is 61.9 Å². The number of H-pyrrole nitrogens is 1. The third-order valence-electron chi connectivity index (χ3n) is 6.50. The summed E-state index contributed by atoms with van der Waals surface area (Å²) in [6, 6.07) is 17.2. The minimum absolute atomic E-state index is 0.0576. The number of aromatic amines is 1. The molecule has 0 radical (unpaired) electrons. The molecular formula is C26H26Cl2N6O. The number of hydrogen-bond acceptors (Lipinski definition) is 4. The zero-order chi connectivity index (χ0) is 24.5. The fourth-order valence-electron chi connectivity index (χ4n) is 4.49. The predicted octanol–water partition coefficient (Wildman–Crippen LogP) is 5.14. The van der Waals surface area contributed by atoms with Crippen LogP contribution in [0.1, 0.15) is 27.4 Å². The molecule has 2 aromatic heterocycles. The summed E-state index contributed by atoms with van der Waals surface area (Å²) < 4.78 is 2.01. The summed E-state index contributed by atoms with van der Waals surface area (Å²) in [6.07, 6.45) is 0. The van der Waals surface area contributed by atoms with E-state index in [2.05, 4.69) is 41.1 Å². The first-order valence-corrected chi connectivity index (χ1v) is 12.3. The van der Waals surface area contributed by atoms with E-state index in [1.165, 1.54) is 5.56 Å². The lowest BCUT2D eigenvalue weighted by molar-refractivity contribution is 0.0622. The second-order valence-electron chi connectivity index (χ2n) is 8.76. The van der Waals surface area contributed by atoms with Crippen LogP contribution in [0.3, 0.4) is 0 Å². The first-order chi connectivity index (χ1) is 16.9. The van der Waals surface area contributed by atoms with E-state index in [1.807, 2.05) is 27.8 Å². The zero-order valence-electron chi connectivity index (χ0n) is 19.6. The average molecular weight is 509 g/mol. The van der Waals surface area contributed by atoms with Gasteiger partial charge in [-0.3, -0.25) is 14.8 Å². The number of hydrogen-bond donors (Lipinski definition) is 1. The van der Waals surface area contributed by atoms with Gasteiger partial charge in [0.05, 0.1) is 22.1 Å². The highest BCUT2D eigenvalue weighted by Gasteiger charge is 2.25. The molecule has 35 heavy (non-hydrogen) atoms. The molecule has 1 amide bonds.